The fourth-order valence-electron chi connectivity index (χ4n) is 2.40. The van der Waals surface area contributed by atoms with Gasteiger partial charge in [0.25, 0.3) is 0 Å². The Morgan fingerprint density at radius 2 is 1.86 bits per heavy atom. The van der Waals surface area contributed by atoms with E-state index < -0.39 is 0 Å². The molecule has 0 amide bonds. The zero-order valence-electron chi connectivity index (χ0n) is 12.6. The maximum absolute atomic E-state index is 5.64. The average Bonchev–Trinajstić information content (AvgIpc) is 2.51. The summed E-state index contributed by atoms with van der Waals surface area (Å²) in [5, 5.41) is 0. The molecule has 3 heteroatoms. The van der Waals surface area contributed by atoms with Gasteiger partial charge in [-0.2, -0.15) is 0 Å². The van der Waals surface area contributed by atoms with Crippen LogP contribution in [0.2, 0.25) is 0 Å². The number of unbranched alkanes of at least 4 members (excludes halogenated alkanes) is 1. The van der Waals surface area contributed by atoms with Gasteiger partial charge in [-0.05, 0) is 65.1 Å². The van der Waals surface area contributed by atoms with Crippen LogP contribution in [0.25, 0.3) is 0 Å². The monoisotopic (exact) mass is 346 g/mol. The molecule has 0 saturated heterocycles. The Balaban J connectivity index is 2.32. The number of nitrogens with zero attached hydrogens (tertiary/aromatic N) is 1. The number of hydrogen-bond acceptors (Lipinski definition) is 2. The predicted octanol–water partition coefficient (Wildman–Crippen LogP) is 4.89. The van der Waals surface area contributed by atoms with Gasteiger partial charge in [0.2, 0.25) is 0 Å². The van der Waals surface area contributed by atoms with E-state index in [9.17, 15) is 0 Å². The number of hydrogen-bond donors (Lipinski definition) is 1. The van der Waals surface area contributed by atoms with E-state index in [1.165, 1.54) is 29.8 Å². The van der Waals surface area contributed by atoms with Gasteiger partial charge in [0.15, 0.2) is 0 Å². The quantitative estimate of drug-likeness (QED) is 0.773. The molecule has 0 aromatic heterocycles. The van der Waals surface area contributed by atoms with Crippen LogP contribution in [-0.4, -0.2) is 13.1 Å². The van der Waals surface area contributed by atoms with E-state index in [1.807, 2.05) is 0 Å². The predicted molar refractivity (Wildman–Crippen MR) is 95.3 cm³/mol. The lowest BCUT2D eigenvalue weighted by atomic mass is 10.1. The summed E-state index contributed by atoms with van der Waals surface area (Å²) in [4.78, 5) is 2.37. The average molecular weight is 347 g/mol. The summed E-state index contributed by atoms with van der Waals surface area (Å²) in [5.74, 6) is 0. The maximum atomic E-state index is 5.64. The first-order valence-corrected chi connectivity index (χ1v) is 8.36. The highest BCUT2D eigenvalue weighted by molar-refractivity contribution is 9.10. The zero-order valence-corrected chi connectivity index (χ0v) is 14.1. The number of nitrogens with two attached hydrogens (primary N) is 1. The van der Waals surface area contributed by atoms with Crippen molar-refractivity contribution in [2.24, 2.45) is 5.73 Å². The summed E-state index contributed by atoms with van der Waals surface area (Å²) in [7, 11) is 0. The van der Waals surface area contributed by atoms with Crippen molar-refractivity contribution in [1.82, 2.24) is 0 Å². The minimum atomic E-state index is 0.685. The van der Waals surface area contributed by atoms with Crippen molar-refractivity contribution < 1.29 is 0 Å². The second-order valence-corrected chi connectivity index (χ2v) is 6.02. The van der Waals surface area contributed by atoms with Crippen LogP contribution in [-0.2, 0) is 6.42 Å². The van der Waals surface area contributed by atoms with Gasteiger partial charge in [-0.3, -0.25) is 0 Å². The fourth-order valence-corrected chi connectivity index (χ4v) is 3.04. The molecule has 2 N–H and O–H groups in total. The largest absolute Gasteiger partial charge is 0.341 e. The smallest absolute Gasteiger partial charge is 0.0555 e. The third-order valence-electron chi connectivity index (χ3n) is 3.54. The molecule has 0 atom stereocenters. The van der Waals surface area contributed by atoms with Crippen molar-refractivity contribution in [3.8, 4) is 0 Å². The molecule has 2 rings (SSSR count). The van der Waals surface area contributed by atoms with E-state index in [0.29, 0.717) is 6.54 Å². The minimum absolute atomic E-state index is 0.685. The molecular formula is C18H23BrN2. The van der Waals surface area contributed by atoms with Crippen molar-refractivity contribution in [1.29, 1.82) is 0 Å². The van der Waals surface area contributed by atoms with Crippen LogP contribution >= 0.6 is 15.9 Å². The Hall–Kier alpha value is -1.32. The van der Waals surface area contributed by atoms with Crippen molar-refractivity contribution in [2.75, 3.05) is 18.0 Å². The second-order valence-electron chi connectivity index (χ2n) is 5.17. The van der Waals surface area contributed by atoms with Gasteiger partial charge in [-0.25, -0.2) is 0 Å². The Morgan fingerprint density at radius 3 is 2.48 bits per heavy atom. The summed E-state index contributed by atoms with van der Waals surface area (Å²) < 4.78 is 1.13. The number of rotatable bonds is 7. The first-order valence-electron chi connectivity index (χ1n) is 7.57. The van der Waals surface area contributed by atoms with E-state index in [-0.39, 0.29) is 0 Å². The first kappa shape index (κ1) is 16.1. The van der Waals surface area contributed by atoms with Gasteiger partial charge in [0.1, 0.15) is 0 Å². The van der Waals surface area contributed by atoms with Crippen molar-refractivity contribution in [3.05, 3.63) is 58.6 Å². The van der Waals surface area contributed by atoms with Crippen molar-refractivity contribution >= 4 is 27.3 Å². The Bertz CT molecular complexity index is 554. The molecular weight excluding hydrogens is 324 g/mol. The van der Waals surface area contributed by atoms with Gasteiger partial charge in [-0.1, -0.05) is 37.6 Å². The number of para-hydroxylation sites is 1. The molecule has 0 heterocycles. The van der Waals surface area contributed by atoms with Gasteiger partial charge < -0.3 is 10.6 Å². The fraction of sp³-hybridized carbons (Fsp3) is 0.333. The van der Waals surface area contributed by atoms with Crippen LogP contribution in [0.5, 0.6) is 0 Å². The lowest BCUT2D eigenvalue weighted by molar-refractivity contribution is 0.785. The van der Waals surface area contributed by atoms with Crippen LogP contribution < -0.4 is 10.6 Å². The molecule has 0 aliphatic heterocycles. The number of benzene rings is 2. The van der Waals surface area contributed by atoms with Crippen molar-refractivity contribution in [2.45, 2.75) is 26.2 Å². The third kappa shape index (κ3) is 4.32. The SMILES string of the molecule is CCCCN(c1ccccc1)c1ccc(CCN)cc1Br. The second kappa shape index (κ2) is 8.20. The molecule has 0 spiro atoms. The molecule has 2 nitrogen and oxygen atoms in total. The molecule has 0 aliphatic carbocycles. The first-order chi connectivity index (χ1) is 10.3. The molecule has 112 valence electrons. The highest BCUT2D eigenvalue weighted by Crippen LogP contribution is 2.33. The number of halogens is 1. The molecule has 0 unspecified atom stereocenters. The normalized spacial score (nSPS) is 10.6. The van der Waals surface area contributed by atoms with Crippen LogP contribution in [0, 0.1) is 0 Å². The molecule has 0 fully saturated rings. The van der Waals surface area contributed by atoms with Gasteiger partial charge in [0, 0.05) is 16.7 Å². The lowest BCUT2D eigenvalue weighted by Gasteiger charge is -2.26. The summed E-state index contributed by atoms with van der Waals surface area (Å²) in [6.07, 6.45) is 3.28. The van der Waals surface area contributed by atoms with Crippen LogP contribution in [0.4, 0.5) is 11.4 Å². The Kier molecular flexibility index (Phi) is 6.27. The van der Waals surface area contributed by atoms with E-state index in [2.05, 4.69) is 76.3 Å². The van der Waals surface area contributed by atoms with Gasteiger partial charge in [0.05, 0.1) is 5.69 Å². The molecule has 0 saturated carbocycles. The molecule has 2 aromatic carbocycles. The zero-order chi connectivity index (χ0) is 15.1. The molecule has 0 bridgehead atoms. The molecule has 0 radical (unpaired) electrons. The van der Waals surface area contributed by atoms with Gasteiger partial charge >= 0.3 is 0 Å². The van der Waals surface area contributed by atoms with E-state index in [4.69, 9.17) is 5.73 Å². The highest BCUT2D eigenvalue weighted by atomic mass is 79.9. The van der Waals surface area contributed by atoms with Gasteiger partial charge in [-0.15, -0.1) is 0 Å². The molecule has 21 heavy (non-hydrogen) atoms. The summed E-state index contributed by atoms with van der Waals surface area (Å²) in [5.41, 5.74) is 9.37. The Morgan fingerprint density at radius 1 is 1.10 bits per heavy atom. The maximum Gasteiger partial charge on any atom is 0.0555 e. The van der Waals surface area contributed by atoms with Crippen LogP contribution in [0.3, 0.4) is 0 Å². The molecule has 0 aliphatic rings. The Labute approximate surface area is 136 Å². The van der Waals surface area contributed by atoms with E-state index in [1.54, 1.807) is 0 Å². The van der Waals surface area contributed by atoms with Crippen molar-refractivity contribution in [3.63, 3.8) is 0 Å². The standard InChI is InChI=1S/C18H23BrN2/c1-2-3-13-21(16-7-5-4-6-8-16)18-10-9-15(11-12-20)14-17(18)19/h4-10,14H,2-3,11-13,20H2,1H3. The lowest BCUT2D eigenvalue weighted by Crippen LogP contribution is -2.18. The van der Waals surface area contributed by atoms with Crippen LogP contribution in [0.15, 0.2) is 53.0 Å². The van der Waals surface area contributed by atoms with E-state index in [0.717, 1.165) is 17.4 Å². The highest BCUT2D eigenvalue weighted by Gasteiger charge is 2.12. The summed E-state index contributed by atoms with van der Waals surface area (Å²) in [6, 6.07) is 17.1. The third-order valence-corrected chi connectivity index (χ3v) is 4.17. The topological polar surface area (TPSA) is 29.3 Å². The van der Waals surface area contributed by atoms with E-state index >= 15 is 0 Å². The molecule has 2 aromatic rings. The minimum Gasteiger partial charge on any atom is -0.341 e. The number of anilines is 2. The summed E-state index contributed by atoms with van der Waals surface area (Å²) >= 11 is 3.72. The summed E-state index contributed by atoms with van der Waals surface area (Å²) in [6.45, 7) is 3.93. The van der Waals surface area contributed by atoms with Crippen LogP contribution in [0.1, 0.15) is 25.3 Å².